The minimum absolute atomic E-state index is 0.0625. The number of hydrogen-bond donors (Lipinski definition) is 1. The van der Waals surface area contributed by atoms with Crippen LogP contribution in [0.25, 0.3) is 11.3 Å². The Balaban J connectivity index is 1.84. The van der Waals surface area contributed by atoms with E-state index < -0.39 is 23.6 Å². The van der Waals surface area contributed by atoms with Crippen LogP contribution in [0.5, 0.6) is 0 Å². The first-order valence-electron chi connectivity index (χ1n) is 12.6. The first-order chi connectivity index (χ1) is 18.3. The van der Waals surface area contributed by atoms with E-state index in [9.17, 15) is 13.6 Å². The van der Waals surface area contributed by atoms with Crippen LogP contribution in [0, 0.1) is 17.6 Å². The van der Waals surface area contributed by atoms with Crippen molar-refractivity contribution in [3.05, 3.63) is 112 Å². The second kappa shape index (κ2) is 12.5. The van der Waals surface area contributed by atoms with Gasteiger partial charge in [-0.3, -0.25) is 4.79 Å². The highest BCUT2D eigenvalue weighted by Gasteiger charge is 2.33. The molecule has 0 saturated carbocycles. The summed E-state index contributed by atoms with van der Waals surface area (Å²) in [5, 5.41) is 0. The maximum absolute atomic E-state index is 14.7. The molecule has 1 amide bonds. The summed E-state index contributed by atoms with van der Waals surface area (Å²) in [5.74, 6) is -1.52. The monoisotopic (exact) mass is 580 g/mol. The standard InChI is InChI=1S/C30H31BrF2N4O/c1-20(2)28(37(15-7-14-34)30(38)25-13-12-24(32)17-26(25)33)29-35-27(22-10-6-11-23(31)16-22)19-36(29)18-21-8-4-3-5-9-21/h3-6,8-13,16-17,19-20,28H,7,14-15,18,34H2,1-2H3. The van der Waals surface area contributed by atoms with E-state index in [-0.39, 0.29) is 11.5 Å². The van der Waals surface area contributed by atoms with Crippen LogP contribution in [0.3, 0.4) is 0 Å². The van der Waals surface area contributed by atoms with Crippen LogP contribution < -0.4 is 5.73 Å². The van der Waals surface area contributed by atoms with Crippen LogP contribution in [-0.2, 0) is 6.54 Å². The Labute approximate surface area is 230 Å². The highest BCUT2D eigenvalue weighted by atomic mass is 79.9. The zero-order chi connectivity index (χ0) is 27.2. The predicted molar refractivity (Wildman–Crippen MR) is 150 cm³/mol. The number of imidazole rings is 1. The third-order valence-electron chi connectivity index (χ3n) is 6.38. The molecule has 1 heterocycles. The normalized spacial score (nSPS) is 12.1. The van der Waals surface area contributed by atoms with Gasteiger partial charge in [-0.1, -0.05) is 72.2 Å². The molecule has 3 aromatic carbocycles. The highest BCUT2D eigenvalue weighted by Crippen LogP contribution is 2.33. The van der Waals surface area contributed by atoms with Gasteiger partial charge in [-0.25, -0.2) is 13.8 Å². The number of nitrogens with two attached hydrogens (primary N) is 1. The largest absolute Gasteiger partial charge is 0.330 e. The lowest BCUT2D eigenvalue weighted by Gasteiger charge is -2.34. The summed E-state index contributed by atoms with van der Waals surface area (Å²) in [5.41, 5.74) is 8.42. The zero-order valence-electron chi connectivity index (χ0n) is 21.4. The van der Waals surface area contributed by atoms with Crippen molar-refractivity contribution >= 4 is 21.8 Å². The maximum atomic E-state index is 14.7. The summed E-state index contributed by atoms with van der Waals surface area (Å²) in [6.07, 6.45) is 2.51. The molecule has 2 N–H and O–H groups in total. The lowest BCUT2D eigenvalue weighted by Crippen LogP contribution is -2.40. The first kappa shape index (κ1) is 27.7. The molecule has 8 heteroatoms. The molecular formula is C30H31BrF2N4O. The minimum atomic E-state index is -0.891. The predicted octanol–water partition coefficient (Wildman–Crippen LogP) is 6.83. The van der Waals surface area contributed by atoms with Gasteiger partial charge in [0.25, 0.3) is 5.91 Å². The van der Waals surface area contributed by atoms with E-state index in [4.69, 9.17) is 10.7 Å². The van der Waals surface area contributed by atoms with Gasteiger partial charge >= 0.3 is 0 Å². The van der Waals surface area contributed by atoms with Gasteiger partial charge in [-0.05, 0) is 48.7 Å². The van der Waals surface area contributed by atoms with E-state index in [1.165, 1.54) is 6.07 Å². The molecular weight excluding hydrogens is 550 g/mol. The molecule has 0 aliphatic rings. The molecule has 5 nitrogen and oxygen atoms in total. The van der Waals surface area contributed by atoms with E-state index >= 15 is 0 Å². The molecule has 0 aliphatic heterocycles. The SMILES string of the molecule is CC(C)C(c1nc(-c2cccc(Br)c2)cn1Cc1ccccc1)N(CCCN)C(=O)c1ccc(F)cc1F. The van der Waals surface area contributed by atoms with Gasteiger partial charge in [-0.15, -0.1) is 0 Å². The van der Waals surface area contributed by atoms with Gasteiger partial charge < -0.3 is 15.2 Å². The number of halogens is 3. The molecule has 0 saturated heterocycles. The molecule has 0 bridgehead atoms. The highest BCUT2D eigenvalue weighted by molar-refractivity contribution is 9.10. The third-order valence-corrected chi connectivity index (χ3v) is 6.87. The summed E-state index contributed by atoms with van der Waals surface area (Å²) < 4.78 is 31.4. The molecule has 0 fully saturated rings. The van der Waals surface area contributed by atoms with Crippen molar-refractivity contribution in [3.8, 4) is 11.3 Å². The van der Waals surface area contributed by atoms with Crippen LogP contribution in [0.15, 0.2) is 83.5 Å². The number of aromatic nitrogens is 2. The van der Waals surface area contributed by atoms with Crippen LogP contribution in [0.2, 0.25) is 0 Å². The topological polar surface area (TPSA) is 64.2 Å². The summed E-state index contributed by atoms with van der Waals surface area (Å²) in [7, 11) is 0. The second-order valence-corrected chi connectivity index (χ2v) is 10.5. The smallest absolute Gasteiger partial charge is 0.257 e. The average molecular weight is 582 g/mol. The van der Waals surface area contributed by atoms with Gasteiger partial charge in [-0.2, -0.15) is 0 Å². The molecule has 4 aromatic rings. The van der Waals surface area contributed by atoms with Crippen molar-refractivity contribution in [1.82, 2.24) is 14.5 Å². The number of nitrogens with zero attached hydrogens (tertiary/aromatic N) is 3. The van der Waals surface area contributed by atoms with Crippen molar-refractivity contribution in [2.75, 3.05) is 13.1 Å². The molecule has 38 heavy (non-hydrogen) atoms. The molecule has 0 spiro atoms. The second-order valence-electron chi connectivity index (χ2n) is 9.56. The fraction of sp³-hybridized carbons (Fsp3) is 0.267. The summed E-state index contributed by atoms with van der Waals surface area (Å²) in [4.78, 5) is 20.4. The maximum Gasteiger partial charge on any atom is 0.257 e. The van der Waals surface area contributed by atoms with Gasteiger partial charge in [0.1, 0.15) is 17.5 Å². The number of benzene rings is 3. The number of rotatable bonds is 10. The first-order valence-corrected chi connectivity index (χ1v) is 13.4. The van der Waals surface area contributed by atoms with E-state index in [2.05, 4.69) is 20.5 Å². The Bertz CT molecular complexity index is 1390. The van der Waals surface area contributed by atoms with E-state index in [1.54, 1.807) is 4.90 Å². The Morgan fingerprint density at radius 1 is 1.05 bits per heavy atom. The Morgan fingerprint density at radius 3 is 2.47 bits per heavy atom. The third kappa shape index (κ3) is 6.37. The Morgan fingerprint density at radius 2 is 1.82 bits per heavy atom. The van der Waals surface area contributed by atoms with Gasteiger partial charge in [0.05, 0.1) is 17.3 Å². The molecule has 198 valence electrons. The fourth-order valence-electron chi connectivity index (χ4n) is 4.60. The average Bonchev–Trinajstić information content (AvgIpc) is 3.29. The molecule has 0 aliphatic carbocycles. The van der Waals surface area contributed by atoms with E-state index in [1.807, 2.05) is 74.6 Å². The molecule has 1 aromatic heterocycles. The molecule has 0 radical (unpaired) electrons. The molecule has 1 unspecified atom stereocenters. The fourth-order valence-corrected chi connectivity index (χ4v) is 5.00. The molecule has 4 rings (SSSR count). The summed E-state index contributed by atoms with van der Waals surface area (Å²) in [6.45, 7) is 5.23. The quantitative estimate of drug-likeness (QED) is 0.223. The van der Waals surface area contributed by atoms with E-state index in [0.29, 0.717) is 31.9 Å². The van der Waals surface area contributed by atoms with Crippen LogP contribution in [0.1, 0.15) is 48.1 Å². The number of carbonyl (C=O) groups is 1. The summed E-state index contributed by atoms with van der Waals surface area (Å²) in [6, 6.07) is 20.4. The van der Waals surface area contributed by atoms with Crippen molar-refractivity contribution < 1.29 is 13.6 Å². The molecule has 1 atom stereocenters. The van der Waals surface area contributed by atoms with Crippen molar-refractivity contribution in [1.29, 1.82) is 0 Å². The van der Waals surface area contributed by atoms with Crippen molar-refractivity contribution in [2.24, 2.45) is 11.7 Å². The van der Waals surface area contributed by atoms with Gasteiger partial charge in [0, 0.05) is 35.4 Å². The van der Waals surface area contributed by atoms with Crippen molar-refractivity contribution in [3.63, 3.8) is 0 Å². The lowest BCUT2D eigenvalue weighted by atomic mass is 9.99. The lowest BCUT2D eigenvalue weighted by molar-refractivity contribution is 0.0599. The number of hydrogen-bond acceptors (Lipinski definition) is 3. The summed E-state index contributed by atoms with van der Waals surface area (Å²) >= 11 is 3.54. The Hall–Kier alpha value is -3.36. The van der Waals surface area contributed by atoms with Crippen LogP contribution in [-0.4, -0.2) is 33.4 Å². The van der Waals surface area contributed by atoms with Crippen molar-refractivity contribution in [2.45, 2.75) is 32.9 Å². The van der Waals surface area contributed by atoms with Crippen LogP contribution in [0.4, 0.5) is 8.78 Å². The Kier molecular flexibility index (Phi) is 9.07. The minimum Gasteiger partial charge on any atom is -0.330 e. The van der Waals surface area contributed by atoms with Gasteiger partial charge in [0.2, 0.25) is 0 Å². The van der Waals surface area contributed by atoms with Gasteiger partial charge in [0.15, 0.2) is 0 Å². The van der Waals surface area contributed by atoms with Crippen LogP contribution >= 0.6 is 15.9 Å². The zero-order valence-corrected chi connectivity index (χ0v) is 23.0. The number of carbonyl (C=O) groups excluding carboxylic acids is 1. The van der Waals surface area contributed by atoms with E-state index in [0.717, 1.165) is 33.4 Å². The number of amides is 1.